The van der Waals surface area contributed by atoms with E-state index in [4.69, 9.17) is 4.42 Å². The van der Waals surface area contributed by atoms with Crippen molar-refractivity contribution in [3.8, 4) is 0 Å². The molecule has 3 aromatic rings. The number of hydrogen-bond donors (Lipinski definition) is 1. The van der Waals surface area contributed by atoms with Gasteiger partial charge in [-0.05, 0) is 44.0 Å². The Morgan fingerprint density at radius 1 is 1.00 bits per heavy atom. The molecule has 1 heterocycles. The predicted molar refractivity (Wildman–Crippen MR) is 92.2 cm³/mol. The SMILES string of the molecule is Cc1ccc(C(=O)Nc2nnc(Cc3ccc(C)cc3C)o2)cc1. The zero-order valence-electron chi connectivity index (χ0n) is 14.0. The minimum atomic E-state index is -0.267. The highest BCUT2D eigenvalue weighted by molar-refractivity contribution is 6.03. The van der Waals surface area contributed by atoms with Crippen molar-refractivity contribution in [2.75, 3.05) is 5.32 Å². The molecule has 0 aliphatic carbocycles. The average Bonchev–Trinajstić information content (AvgIpc) is 2.98. The number of carbonyl (C=O) groups excluding carboxylic acids is 1. The minimum Gasteiger partial charge on any atom is -0.407 e. The van der Waals surface area contributed by atoms with Crippen LogP contribution in [0.1, 0.15) is 38.5 Å². The molecule has 0 saturated heterocycles. The number of carbonyl (C=O) groups is 1. The first-order chi connectivity index (χ1) is 11.5. The standard InChI is InChI=1S/C19H19N3O2/c1-12-4-7-15(8-5-12)18(23)20-19-22-21-17(24-19)11-16-9-6-13(2)10-14(16)3/h4-10H,11H2,1-3H3,(H,20,22,23). The van der Waals surface area contributed by atoms with Gasteiger partial charge in [-0.15, -0.1) is 5.10 Å². The largest absolute Gasteiger partial charge is 0.407 e. The van der Waals surface area contributed by atoms with Gasteiger partial charge in [0.15, 0.2) is 0 Å². The average molecular weight is 321 g/mol. The number of rotatable bonds is 4. The number of nitrogens with one attached hydrogen (secondary N) is 1. The van der Waals surface area contributed by atoms with Crippen LogP contribution in [-0.4, -0.2) is 16.1 Å². The Bertz CT molecular complexity index is 867. The van der Waals surface area contributed by atoms with E-state index in [0.717, 1.165) is 11.1 Å². The smallest absolute Gasteiger partial charge is 0.322 e. The van der Waals surface area contributed by atoms with Crippen molar-refractivity contribution in [1.82, 2.24) is 10.2 Å². The van der Waals surface area contributed by atoms with Crippen LogP contribution in [0.15, 0.2) is 46.9 Å². The van der Waals surface area contributed by atoms with Crippen LogP contribution in [0.5, 0.6) is 0 Å². The number of aryl methyl sites for hydroxylation is 3. The molecule has 1 aromatic heterocycles. The van der Waals surface area contributed by atoms with E-state index in [9.17, 15) is 4.79 Å². The lowest BCUT2D eigenvalue weighted by Gasteiger charge is -2.04. The molecule has 0 saturated carbocycles. The van der Waals surface area contributed by atoms with E-state index in [-0.39, 0.29) is 11.9 Å². The van der Waals surface area contributed by atoms with Gasteiger partial charge in [-0.1, -0.05) is 46.6 Å². The van der Waals surface area contributed by atoms with Crippen molar-refractivity contribution in [1.29, 1.82) is 0 Å². The topological polar surface area (TPSA) is 68.0 Å². The number of amides is 1. The normalized spacial score (nSPS) is 10.6. The Morgan fingerprint density at radius 3 is 2.42 bits per heavy atom. The van der Waals surface area contributed by atoms with Crippen LogP contribution in [0.25, 0.3) is 0 Å². The molecule has 0 fully saturated rings. The van der Waals surface area contributed by atoms with Gasteiger partial charge in [-0.2, -0.15) is 0 Å². The van der Waals surface area contributed by atoms with Crippen LogP contribution < -0.4 is 5.32 Å². The summed E-state index contributed by atoms with van der Waals surface area (Å²) in [7, 11) is 0. The van der Waals surface area contributed by atoms with Gasteiger partial charge in [-0.25, -0.2) is 0 Å². The number of aromatic nitrogens is 2. The quantitative estimate of drug-likeness (QED) is 0.793. The van der Waals surface area contributed by atoms with Crippen molar-refractivity contribution in [3.05, 3.63) is 76.2 Å². The molecular formula is C19H19N3O2. The Labute approximate surface area is 140 Å². The second kappa shape index (κ2) is 6.66. The van der Waals surface area contributed by atoms with E-state index in [1.165, 1.54) is 11.1 Å². The summed E-state index contributed by atoms with van der Waals surface area (Å²) >= 11 is 0. The maximum atomic E-state index is 12.1. The van der Waals surface area contributed by atoms with Crippen LogP contribution in [0, 0.1) is 20.8 Å². The van der Waals surface area contributed by atoms with Gasteiger partial charge < -0.3 is 4.42 Å². The molecule has 0 spiro atoms. The van der Waals surface area contributed by atoms with Crippen LogP contribution in [-0.2, 0) is 6.42 Å². The molecule has 0 aliphatic rings. The Hall–Kier alpha value is -2.95. The van der Waals surface area contributed by atoms with Gasteiger partial charge >= 0.3 is 6.01 Å². The molecule has 5 nitrogen and oxygen atoms in total. The van der Waals surface area contributed by atoms with Crippen molar-refractivity contribution in [2.45, 2.75) is 27.2 Å². The second-order valence-electron chi connectivity index (χ2n) is 5.93. The van der Waals surface area contributed by atoms with E-state index < -0.39 is 0 Å². The zero-order chi connectivity index (χ0) is 17.1. The van der Waals surface area contributed by atoms with Crippen LogP contribution in [0.3, 0.4) is 0 Å². The summed E-state index contributed by atoms with van der Waals surface area (Å²) in [6, 6.07) is 13.6. The molecule has 2 aromatic carbocycles. The molecule has 0 aliphatic heterocycles. The molecule has 0 bridgehead atoms. The Morgan fingerprint density at radius 2 is 1.71 bits per heavy atom. The van der Waals surface area contributed by atoms with E-state index >= 15 is 0 Å². The third-order valence-corrected chi connectivity index (χ3v) is 3.84. The summed E-state index contributed by atoms with van der Waals surface area (Å²) < 4.78 is 5.53. The number of anilines is 1. The van der Waals surface area contributed by atoms with Crippen molar-refractivity contribution < 1.29 is 9.21 Å². The molecule has 0 unspecified atom stereocenters. The third-order valence-electron chi connectivity index (χ3n) is 3.84. The minimum absolute atomic E-state index is 0.111. The summed E-state index contributed by atoms with van der Waals surface area (Å²) in [5.41, 5.74) is 5.17. The third kappa shape index (κ3) is 3.68. The van der Waals surface area contributed by atoms with Crippen LogP contribution in [0.4, 0.5) is 6.01 Å². The van der Waals surface area contributed by atoms with Gasteiger partial charge in [0.2, 0.25) is 5.89 Å². The lowest BCUT2D eigenvalue weighted by molar-refractivity contribution is 0.102. The van der Waals surface area contributed by atoms with Crippen molar-refractivity contribution in [2.24, 2.45) is 0 Å². The van der Waals surface area contributed by atoms with E-state index in [0.29, 0.717) is 17.9 Å². The fraction of sp³-hybridized carbons (Fsp3) is 0.211. The summed E-state index contributed by atoms with van der Waals surface area (Å²) in [6.45, 7) is 6.08. The van der Waals surface area contributed by atoms with E-state index in [1.807, 2.05) is 19.1 Å². The first kappa shape index (κ1) is 15.9. The van der Waals surface area contributed by atoms with Crippen molar-refractivity contribution >= 4 is 11.9 Å². The lowest BCUT2D eigenvalue weighted by atomic mass is 10.0. The maximum absolute atomic E-state index is 12.1. The summed E-state index contributed by atoms with van der Waals surface area (Å²) in [5.74, 6) is 0.206. The second-order valence-corrected chi connectivity index (χ2v) is 5.93. The van der Waals surface area contributed by atoms with Crippen LogP contribution >= 0.6 is 0 Å². The monoisotopic (exact) mass is 321 g/mol. The first-order valence-corrected chi connectivity index (χ1v) is 7.78. The Kier molecular flexibility index (Phi) is 4.42. The van der Waals surface area contributed by atoms with Gasteiger partial charge in [0.25, 0.3) is 5.91 Å². The summed E-state index contributed by atoms with van der Waals surface area (Å²) in [5, 5.41) is 10.5. The van der Waals surface area contributed by atoms with E-state index in [1.54, 1.807) is 12.1 Å². The highest BCUT2D eigenvalue weighted by Gasteiger charge is 2.12. The van der Waals surface area contributed by atoms with Gasteiger partial charge in [0.05, 0.1) is 6.42 Å². The number of benzene rings is 2. The maximum Gasteiger partial charge on any atom is 0.322 e. The number of nitrogens with zero attached hydrogens (tertiary/aromatic N) is 2. The predicted octanol–water partition coefficient (Wildman–Crippen LogP) is 3.84. The highest BCUT2D eigenvalue weighted by Crippen LogP contribution is 2.16. The fourth-order valence-corrected chi connectivity index (χ4v) is 2.46. The zero-order valence-corrected chi connectivity index (χ0v) is 14.0. The molecule has 5 heteroatoms. The fourth-order valence-electron chi connectivity index (χ4n) is 2.46. The lowest BCUT2D eigenvalue weighted by Crippen LogP contribution is -2.11. The van der Waals surface area contributed by atoms with Gasteiger partial charge in [0, 0.05) is 5.56 Å². The molecule has 3 rings (SSSR count). The van der Waals surface area contributed by atoms with Crippen molar-refractivity contribution in [3.63, 3.8) is 0 Å². The molecule has 0 atom stereocenters. The molecular weight excluding hydrogens is 302 g/mol. The highest BCUT2D eigenvalue weighted by atomic mass is 16.4. The Balaban J connectivity index is 1.69. The summed E-state index contributed by atoms with van der Waals surface area (Å²) in [4.78, 5) is 12.1. The molecule has 24 heavy (non-hydrogen) atoms. The van der Waals surface area contributed by atoms with Gasteiger partial charge in [0.1, 0.15) is 0 Å². The molecule has 0 radical (unpaired) electrons. The summed E-state index contributed by atoms with van der Waals surface area (Å²) in [6.07, 6.45) is 0.541. The van der Waals surface area contributed by atoms with Gasteiger partial charge in [-0.3, -0.25) is 10.1 Å². The molecule has 1 amide bonds. The molecule has 1 N–H and O–H groups in total. The number of hydrogen-bond acceptors (Lipinski definition) is 4. The first-order valence-electron chi connectivity index (χ1n) is 7.78. The molecule has 122 valence electrons. The van der Waals surface area contributed by atoms with Crippen LogP contribution in [0.2, 0.25) is 0 Å². The van der Waals surface area contributed by atoms with E-state index in [2.05, 4.69) is 47.6 Å².